The first kappa shape index (κ1) is 26.9. The number of nitrogens with two attached hydrogens (primary N) is 2. The predicted molar refractivity (Wildman–Crippen MR) is 124 cm³/mol. The first-order valence-electron chi connectivity index (χ1n) is 12.8. The van der Waals surface area contributed by atoms with E-state index >= 15 is 0 Å². The van der Waals surface area contributed by atoms with Crippen LogP contribution in [0.25, 0.3) is 0 Å². The summed E-state index contributed by atoms with van der Waals surface area (Å²) in [6, 6.07) is 0.338. The van der Waals surface area contributed by atoms with E-state index in [0.29, 0.717) is 6.04 Å². The van der Waals surface area contributed by atoms with Crippen LogP contribution in [0, 0.1) is 0 Å². The molecule has 0 aromatic rings. The molecule has 0 fully saturated rings. The molecule has 0 saturated heterocycles. The van der Waals surface area contributed by atoms with Crippen molar-refractivity contribution < 1.29 is 0 Å². The topological polar surface area (TPSA) is 52.0 Å². The third-order valence-electron chi connectivity index (χ3n) is 5.97. The van der Waals surface area contributed by atoms with Crippen LogP contribution in [0.5, 0.6) is 0 Å². The van der Waals surface area contributed by atoms with Gasteiger partial charge in [0.1, 0.15) is 0 Å². The average Bonchev–Trinajstić information content (AvgIpc) is 2.66. The van der Waals surface area contributed by atoms with Gasteiger partial charge in [-0.1, -0.05) is 135 Å². The molecule has 0 aliphatic heterocycles. The van der Waals surface area contributed by atoms with Gasteiger partial charge in [0.15, 0.2) is 0 Å². The van der Waals surface area contributed by atoms with Crippen LogP contribution in [0.4, 0.5) is 0 Å². The van der Waals surface area contributed by atoms with Crippen LogP contribution in [0.15, 0.2) is 0 Å². The van der Waals surface area contributed by atoms with Crippen molar-refractivity contribution in [1.29, 1.82) is 0 Å². The van der Waals surface area contributed by atoms with Crippen LogP contribution in [0.1, 0.15) is 148 Å². The summed E-state index contributed by atoms with van der Waals surface area (Å²) >= 11 is 0. The molecule has 164 valence electrons. The molecule has 0 bridgehead atoms. The third kappa shape index (κ3) is 23.9. The van der Waals surface area contributed by atoms with E-state index < -0.39 is 0 Å². The summed E-state index contributed by atoms with van der Waals surface area (Å²) in [5, 5.41) is 0. The molecular formula is C25H54N2. The predicted octanol–water partition coefficient (Wildman–Crippen LogP) is 7.87. The molecule has 0 rings (SSSR count). The summed E-state index contributed by atoms with van der Waals surface area (Å²) in [5.41, 5.74) is 11.5. The fourth-order valence-electron chi connectivity index (χ4n) is 4.02. The molecule has 27 heavy (non-hydrogen) atoms. The van der Waals surface area contributed by atoms with Crippen molar-refractivity contribution in [2.75, 3.05) is 6.54 Å². The van der Waals surface area contributed by atoms with E-state index in [1.807, 2.05) is 0 Å². The number of unbranched alkanes of at least 4 members (excludes halogenated alkanes) is 19. The van der Waals surface area contributed by atoms with E-state index in [-0.39, 0.29) is 0 Å². The monoisotopic (exact) mass is 382 g/mol. The second kappa shape index (κ2) is 24.0. The van der Waals surface area contributed by atoms with Gasteiger partial charge in [-0.2, -0.15) is 0 Å². The molecule has 2 nitrogen and oxygen atoms in total. The molecule has 0 aliphatic rings. The van der Waals surface area contributed by atoms with Gasteiger partial charge in [0, 0.05) is 6.04 Å². The fraction of sp³-hybridized carbons (Fsp3) is 1.00. The SMILES string of the molecule is CCCCCCCCCCCCCCCCCCCCCCC(N)CCN. The highest BCUT2D eigenvalue weighted by Crippen LogP contribution is 2.15. The van der Waals surface area contributed by atoms with E-state index in [4.69, 9.17) is 11.5 Å². The molecular weight excluding hydrogens is 328 g/mol. The van der Waals surface area contributed by atoms with Crippen molar-refractivity contribution in [1.82, 2.24) is 0 Å². The molecule has 0 amide bonds. The molecule has 0 radical (unpaired) electrons. The summed E-state index contributed by atoms with van der Waals surface area (Å²) in [6.07, 6.45) is 30.9. The molecule has 0 aromatic heterocycles. The van der Waals surface area contributed by atoms with Crippen molar-refractivity contribution in [2.24, 2.45) is 11.5 Å². The summed E-state index contributed by atoms with van der Waals surface area (Å²) in [7, 11) is 0. The van der Waals surface area contributed by atoms with Crippen molar-refractivity contribution in [3.05, 3.63) is 0 Å². The van der Waals surface area contributed by atoms with E-state index in [2.05, 4.69) is 6.92 Å². The number of hydrogen-bond acceptors (Lipinski definition) is 2. The maximum atomic E-state index is 5.99. The van der Waals surface area contributed by atoms with Gasteiger partial charge in [-0.3, -0.25) is 0 Å². The standard InChI is InChI=1S/C25H54N2/c1-2-3-4-5-6-7-8-9-10-11-12-13-14-15-16-17-18-19-20-21-22-25(27)23-24-26/h25H,2-24,26-27H2,1H3. The van der Waals surface area contributed by atoms with Crippen molar-refractivity contribution in [2.45, 2.75) is 154 Å². The van der Waals surface area contributed by atoms with Crippen molar-refractivity contribution >= 4 is 0 Å². The Morgan fingerprint density at radius 3 is 1.04 bits per heavy atom. The minimum Gasteiger partial charge on any atom is -0.330 e. The average molecular weight is 383 g/mol. The van der Waals surface area contributed by atoms with E-state index in [1.165, 1.54) is 128 Å². The highest BCUT2D eigenvalue weighted by molar-refractivity contribution is 4.61. The van der Waals surface area contributed by atoms with Gasteiger partial charge >= 0.3 is 0 Å². The van der Waals surface area contributed by atoms with Crippen LogP contribution < -0.4 is 11.5 Å². The fourth-order valence-corrected chi connectivity index (χ4v) is 4.02. The Kier molecular flexibility index (Phi) is 23.9. The van der Waals surface area contributed by atoms with Gasteiger partial charge in [-0.25, -0.2) is 0 Å². The van der Waals surface area contributed by atoms with E-state index in [0.717, 1.165) is 19.4 Å². The molecule has 1 atom stereocenters. The first-order valence-corrected chi connectivity index (χ1v) is 12.8. The van der Waals surface area contributed by atoms with Crippen LogP contribution in [-0.2, 0) is 0 Å². The molecule has 0 saturated carbocycles. The molecule has 4 N–H and O–H groups in total. The maximum absolute atomic E-state index is 5.99. The zero-order chi connectivity index (χ0) is 19.8. The summed E-state index contributed by atoms with van der Waals surface area (Å²) < 4.78 is 0. The van der Waals surface area contributed by atoms with Gasteiger partial charge in [-0.15, -0.1) is 0 Å². The quantitative estimate of drug-likeness (QED) is 0.177. The Labute approximate surface area is 172 Å². The molecule has 1 unspecified atom stereocenters. The minimum absolute atomic E-state index is 0.338. The normalized spacial score (nSPS) is 12.6. The van der Waals surface area contributed by atoms with Crippen LogP contribution in [0.3, 0.4) is 0 Å². The Balaban J connectivity index is 3.01. The second-order valence-corrected chi connectivity index (χ2v) is 8.84. The van der Waals surface area contributed by atoms with Crippen molar-refractivity contribution in [3.8, 4) is 0 Å². The molecule has 0 spiro atoms. The van der Waals surface area contributed by atoms with Gasteiger partial charge in [0.25, 0.3) is 0 Å². The molecule has 0 aromatic carbocycles. The zero-order valence-electron chi connectivity index (χ0n) is 19.0. The number of hydrogen-bond donors (Lipinski definition) is 2. The van der Waals surface area contributed by atoms with Crippen LogP contribution >= 0.6 is 0 Å². The van der Waals surface area contributed by atoms with E-state index in [1.54, 1.807) is 0 Å². The van der Waals surface area contributed by atoms with Gasteiger partial charge in [0.2, 0.25) is 0 Å². The first-order chi connectivity index (χ1) is 13.3. The summed E-state index contributed by atoms with van der Waals surface area (Å²) in [6.45, 7) is 3.03. The maximum Gasteiger partial charge on any atom is 0.00508 e. The van der Waals surface area contributed by atoms with Gasteiger partial charge in [0.05, 0.1) is 0 Å². The van der Waals surface area contributed by atoms with Gasteiger partial charge < -0.3 is 11.5 Å². The lowest BCUT2D eigenvalue weighted by Gasteiger charge is -2.09. The largest absolute Gasteiger partial charge is 0.330 e. The Hall–Kier alpha value is -0.0800. The lowest BCUT2D eigenvalue weighted by atomic mass is 10.0. The number of rotatable bonds is 23. The summed E-state index contributed by atoms with van der Waals surface area (Å²) in [5.74, 6) is 0. The lowest BCUT2D eigenvalue weighted by Crippen LogP contribution is -2.23. The zero-order valence-corrected chi connectivity index (χ0v) is 19.0. The Morgan fingerprint density at radius 1 is 0.444 bits per heavy atom. The molecule has 2 heteroatoms. The van der Waals surface area contributed by atoms with E-state index in [9.17, 15) is 0 Å². The smallest absolute Gasteiger partial charge is 0.00508 e. The van der Waals surface area contributed by atoms with Crippen LogP contribution in [-0.4, -0.2) is 12.6 Å². The second-order valence-electron chi connectivity index (χ2n) is 8.84. The highest BCUT2D eigenvalue weighted by atomic mass is 14.6. The minimum atomic E-state index is 0.338. The van der Waals surface area contributed by atoms with Crippen LogP contribution in [0.2, 0.25) is 0 Å². The Morgan fingerprint density at radius 2 is 0.741 bits per heavy atom. The van der Waals surface area contributed by atoms with Gasteiger partial charge in [-0.05, 0) is 19.4 Å². The Bertz CT molecular complexity index is 255. The molecule has 0 heterocycles. The summed E-state index contributed by atoms with van der Waals surface area (Å²) in [4.78, 5) is 0. The lowest BCUT2D eigenvalue weighted by molar-refractivity contribution is 0.503. The molecule has 0 aliphatic carbocycles. The third-order valence-corrected chi connectivity index (χ3v) is 5.97. The van der Waals surface area contributed by atoms with Crippen molar-refractivity contribution in [3.63, 3.8) is 0 Å². The highest BCUT2D eigenvalue weighted by Gasteiger charge is 2.00.